The van der Waals surface area contributed by atoms with E-state index in [2.05, 4.69) is 59.5 Å². The highest BCUT2D eigenvalue weighted by Gasteiger charge is 2.18. The maximum Gasteiger partial charge on any atom is 0.237 e. The van der Waals surface area contributed by atoms with Gasteiger partial charge in [-0.05, 0) is 44.4 Å². The Hall–Kier alpha value is -0.870. The summed E-state index contributed by atoms with van der Waals surface area (Å²) in [5.41, 5.74) is 1.17. The second-order valence-corrected chi connectivity index (χ2v) is 6.10. The van der Waals surface area contributed by atoms with Crippen molar-refractivity contribution in [1.82, 2.24) is 10.6 Å². The summed E-state index contributed by atoms with van der Waals surface area (Å²) in [4.78, 5) is 12.1. The summed E-state index contributed by atoms with van der Waals surface area (Å²) in [6, 6.07) is 8.34. The molecule has 0 spiro atoms. The number of hydrogen-bond donors (Lipinski definition) is 2. The van der Waals surface area contributed by atoms with Gasteiger partial charge in [-0.1, -0.05) is 41.9 Å². The van der Waals surface area contributed by atoms with Crippen molar-refractivity contribution in [3.8, 4) is 0 Å². The second kappa shape index (κ2) is 8.42. The quantitative estimate of drug-likeness (QED) is 0.792. The minimum absolute atomic E-state index is 0.0700. The zero-order valence-electron chi connectivity index (χ0n) is 12.7. The van der Waals surface area contributed by atoms with Crippen LogP contribution in [0.1, 0.15) is 52.1 Å². The average molecular weight is 341 g/mol. The third-order valence-corrected chi connectivity index (χ3v) is 4.07. The number of amides is 1. The Kier molecular flexibility index (Phi) is 7.24. The van der Waals surface area contributed by atoms with E-state index in [0.29, 0.717) is 0 Å². The summed E-state index contributed by atoms with van der Waals surface area (Å²) in [7, 11) is 0. The molecule has 1 aromatic rings. The number of benzene rings is 1. The van der Waals surface area contributed by atoms with Gasteiger partial charge in [-0.2, -0.15) is 0 Å². The summed E-state index contributed by atoms with van der Waals surface area (Å²) < 4.78 is 1.05. The number of hydrogen-bond acceptors (Lipinski definition) is 2. The summed E-state index contributed by atoms with van der Waals surface area (Å²) in [5, 5.41) is 6.42. The van der Waals surface area contributed by atoms with Crippen LogP contribution in [0.4, 0.5) is 0 Å². The van der Waals surface area contributed by atoms with Gasteiger partial charge in [0, 0.05) is 16.6 Å². The molecule has 2 N–H and O–H groups in total. The van der Waals surface area contributed by atoms with Gasteiger partial charge in [0.05, 0.1) is 6.04 Å². The van der Waals surface area contributed by atoms with Gasteiger partial charge in [-0.25, -0.2) is 0 Å². The van der Waals surface area contributed by atoms with E-state index in [-0.39, 0.29) is 24.0 Å². The van der Waals surface area contributed by atoms with Crippen LogP contribution < -0.4 is 10.6 Å². The molecule has 20 heavy (non-hydrogen) atoms. The van der Waals surface area contributed by atoms with Crippen LogP contribution in [0, 0.1) is 0 Å². The number of rotatable bonds is 7. The third-order valence-electron chi connectivity index (χ3n) is 3.57. The summed E-state index contributed by atoms with van der Waals surface area (Å²) >= 11 is 3.47. The van der Waals surface area contributed by atoms with Gasteiger partial charge in [-0.15, -0.1) is 0 Å². The Morgan fingerprint density at radius 3 is 2.45 bits per heavy atom. The van der Waals surface area contributed by atoms with E-state index >= 15 is 0 Å². The Balaban J connectivity index is 2.56. The van der Waals surface area contributed by atoms with Crippen LogP contribution in [0.15, 0.2) is 28.7 Å². The van der Waals surface area contributed by atoms with Gasteiger partial charge < -0.3 is 5.32 Å². The first-order valence-electron chi connectivity index (χ1n) is 7.29. The fourth-order valence-electron chi connectivity index (χ4n) is 2.14. The minimum Gasteiger partial charge on any atom is -0.352 e. The van der Waals surface area contributed by atoms with Crippen LogP contribution in [0.5, 0.6) is 0 Å². The molecule has 0 aliphatic rings. The van der Waals surface area contributed by atoms with Gasteiger partial charge in [0.25, 0.3) is 0 Å². The Morgan fingerprint density at radius 2 is 1.90 bits per heavy atom. The lowest BCUT2D eigenvalue weighted by atomic mass is 10.1. The molecular weight excluding hydrogens is 316 g/mol. The number of carbonyl (C=O) groups is 1. The summed E-state index contributed by atoms with van der Waals surface area (Å²) in [5.74, 6) is 0.0700. The van der Waals surface area contributed by atoms with Crippen LogP contribution in [0.25, 0.3) is 0 Å². The third kappa shape index (κ3) is 5.25. The monoisotopic (exact) mass is 340 g/mol. The molecule has 0 fully saturated rings. The fraction of sp³-hybridized carbons (Fsp3) is 0.562. The molecule has 1 aromatic carbocycles. The van der Waals surface area contributed by atoms with Crippen LogP contribution in [-0.2, 0) is 4.79 Å². The molecule has 0 aliphatic carbocycles. The molecular formula is C16H25BrN2O. The number of halogens is 1. The standard InChI is InChI=1S/C16H25BrN2O/c1-5-15(6-2)19-16(20)12(4)18-11(3)13-8-7-9-14(17)10-13/h7-12,15,18H,5-6H2,1-4H3,(H,19,20). The molecule has 112 valence electrons. The second-order valence-electron chi connectivity index (χ2n) is 5.19. The van der Waals surface area contributed by atoms with Crippen molar-refractivity contribution in [2.24, 2.45) is 0 Å². The van der Waals surface area contributed by atoms with Crippen LogP contribution in [0.2, 0.25) is 0 Å². The lowest BCUT2D eigenvalue weighted by Gasteiger charge is -2.22. The highest BCUT2D eigenvalue weighted by molar-refractivity contribution is 9.10. The molecule has 0 saturated heterocycles. The molecule has 2 unspecified atom stereocenters. The molecule has 0 bridgehead atoms. The zero-order chi connectivity index (χ0) is 15.1. The lowest BCUT2D eigenvalue weighted by Crippen LogP contribution is -2.46. The molecule has 0 aliphatic heterocycles. The van der Waals surface area contributed by atoms with E-state index in [9.17, 15) is 4.79 Å². The fourth-order valence-corrected chi connectivity index (χ4v) is 2.56. The van der Waals surface area contributed by atoms with Crippen LogP contribution in [-0.4, -0.2) is 18.0 Å². The van der Waals surface area contributed by atoms with Gasteiger partial charge in [0.15, 0.2) is 0 Å². The Labute approximate surface area is 130 Å². The summed E-state index contributed by atoms with van der Waals surface area (Å²) in [6.07, 6.45) is 1.94. The Bertz CT molecular complexity index is 432. The van der Waals surface area contributed by atoms with Crippen molar-refractivity contribution in [2.45, 2.75) is 58.7 Å². The van der Waals surface area contributed by atoms with Gasteiger partial charge >= 0.3 is 0 Å². The van der Waals surface area contributed by atoms with Crippen molar-refractivity contribution in [1.29, 1.82) is 0 Å². The smallest absolute Gasteiger partial charge is 0.237 e. The molecule has 1 rings (SSSR count). The zero-order valence-corrected chi connectivity index (χ0v) is 14.3. The molecule has 4 heteroatoms. The predicted octanol–water partition coefficient (Wildman–Crippen LogP) is 3.79. The lowest BCUT2D eigenvalue weighted by molar-refractivity contribution is -0.123. The maximum absolute atomic E-state index is 12.1. The van der Waals surface area contributed by atoms with Crippen LogP contribution in [0.3, 0.4) is 0 Å². The highest BCUT2D eigenvalue weighted by Crippen LogP contribution is 2.18. The van der Waals surface area contributed by atoms with Crippen LogP contribution >= 0.6 is 15.9 Å². The van der Waals surface area contributed by atoms with E-state index in [1.54, 1.807) is 0 Å². The number of nitrogens with one attached hydrogen (secondary N) is 2. The average Bonchev–Trinajstić information content (AvgIpc) is 2.44. The SMILES string of the molecule is CCC(CC)NC(=O)C(C)NC(C)c1cccc(Br)c1. The van der Waals surface area contributed by atoms with Crippen molar-refractivity contribution < 1.29 is 4.79 Å². The normalized spacial score (nSPS) is 14.1. The van der Waals surface area contributed by atoms with Crippen molar-refractivity contribution >= 4 is 21.8 Å². The molecule has 0 radical (unpaired) electrons. The summed E-state index contributed by atoms with van der Waals surface area (Å²) in [6.45, 7) is 8.17. The van der Waals surface area contributed by atoms with Gasteiger partial charge in [0.2, 0.25) is 5.91 Å². The first-order chi connectivity index (χ1) is 9.47. The molecule has 0 aromatic heterocycles. The Morgan fingerprint density at radius 1 is 1.25 bits per heavy atom. The van der Waals surface area contributed by atoms with E-state index in [1.165, 1.54) is 5.56 Å². The van der Waals surface area contributed by atoms with Crippen molar-refractivity contribution in [3.05, 3.63) is 34.3 Å². The van der Waals surface area contributed by atoms with E-state index in [1.807, 2.05) is 19.1 Å². The van der Waals surface area contributed by atoms with Gasteiger partial charge in [0.1, 0.15) is 0 Å². The molecule has 0 heterocycles. The van der Waals surface area contributed by atoms with Gasteiger partial charge in [-0.3, -0.25) is 10.1 Å². The molecule has 1 amide bonds. The van der Waals surface area contributed by atoms with E-state index < -0.39 is 0 Å². The molecule has 3 nitrogen and oxygen atoms in total. The largest absolute Gasteiger partial charge is 0.352 e. The van der Waals surface area contributed by atoms with Crippen molar-refractivity contribution in [2.75, 3.05) is 0 Å². The minimum atomic E-state index is -0.204. The highest BCUT2D eigenvalue weighted by atomic mass is 79.9. The molecule has 0 saturated carbocycles. The first-order valence-corrected chi connectivity index (χ1v) is 8.09. The first kappa shape index (κ1) is 17.2. The van der Waals surface area contributed by atoms with E-state index in [0.717, 1.165) is 17.3 Å². The molecule has 2 atom stereocenters. The maximum atomic E-state index is 12.1. The van der Waals surface area contributed by atoms with Crippen molar-refractivity contribution in [3.63, 3.8) is 0 Å². The topological polar surface area (TPSA) is 41.1 Å². The predicted molar refractivity (Wildman–Crippen MR) is 87.7 cm³/mol. The van der Waals surface area contributed by atoms with E-state index in [4.69, 9.17) is 0 Å². The number of carbonyl (C=O) groups excluding carboxylic acids is 1.